The van der Waals surface area contributed by atoms with Gasteiger partial charge in [0.1, 0.15) is 0 Å². The molecule has 1 aliphatic carbocycles. The maximum absolute atomic E-state index is 12.7. The lowest BCUT2D eigenvalue weighted by Crippen LogP contribution is -2.58. The highest BCUT2D eigenvalue weighted by Gasteiger charge is 2.47. The molecule has 2 saturated heterocycles. The highest BCUT2D eigenvalue weighted by atomic mass is 32.1. The molecule has 132 valence electrons. The van der Waals surface area contributed by atoms with Crippen LogP contribution in [0.2, 0.25) is 0 Å². The molecular weight excluding hydrogens is 322 g/mol. The van der Waals surface area contributed by atoms with Crippen molar-refractivity contribution >= 4 is 17.2 Å². The molecule has 0 bridgehead atoms. The number of thiophene rings is 1. The molecule has 2 aliphatic heterocycles. The monoisotopic (exact) mass is 349 g/mol. The van der Waals surface area contributed by atoms with Gasteiger partial charge in [0.05, 0.1) is 19.1 Å². The number of carbonyl (C=O) groups is 1. The van der Waals surface area contributed by atoms with Crippen molar-refractivity contribution in [2.45, 2.75) is 44.6 Å². The molecule has 3 fully saturated rings. The zero-order valence-electron chi connectivity index (χ0n) is 14.2. The Morgan fingerprint density at radius 1 is 1.42 bits per heavy atom. The molecule has 24 heavy (non-hydrogen) atoms. The Morgan fingerprint density at radius 2 is 2.33 bits per heavy atom. The van der Waals surface area contributed by atoms with Gasteiger partial charge in [0.15, 0.2) is 0 Å². The number of nitrogens with zero attached hydrogens (tertiary/aromatic N) is 1. The summed E-state index contributed by atoms with van der Waals surface area (Å²) in [4.78, 5) is 14.8. The summed E-state index contributed by atoms with van der Waals surface area (Å²) in [7, 11) is 0. The number of likely N-dealkylation sites (tertiary alicyclic amines) is 1. The Hall–Kier alpha value is -0.910. The highest BCUT2D eigenvalue weighted by Crippen LogP contribution is 2.41. The van der Waals surface area contributed by atoms with E-state index in [0.717, 1.165) is 63.7 Å². The number of carbonyl (C=O) groups excluding carboxylic acids is 1. The quantitative estimate of drug-likeness (QED) is 0.792. The van der Waals surface area contributed by atoms with Gasteiger partial charge in [0.25, 0.3) is 0 Å². The second kappa shape index (κ2) is 7.14. The number of hydrogen-bond donors (Lipinski definition) is 0. The Bertz CT molecular complexity index is 557. The molecule has 0 spiro atoms. The van der Waals surface area contributed by atoms with Crippen molar-refractivity contribution in [3.63, 3.8) is 0 Å². The lowest BCUT2D eigenvalue weighted by Gasteiger charge is -2.50. The van der Waals surface area contributed by atoms with Gasteiger partial charge in [-0.15, -0.1) is 0 Å². The predicted molar refractivity (Wildman–Crippen MR) is 94.2 cm³/mol. The average Bonchev–Trinajstić information content (AvgIpc) is 3.28. The molecule has 1 aromatic rings. The molecule has 2 atom stereocenters. The Labute approximate surface area is 148 Å². The number of ether oxygens (including phenoxy) is 2. The number of amides is 1. The number of fused-ring (bicyclic) bond motifs is 1. The summed E-state index contributed by atoms with van der Waals surface area (Å²) < 4.78 is 12.2. The first-order valence-corrected chi connectivity index (χ1v) is 10.2. The summed E-state index contributed by atoms with van der Waals surface area (Å²) in [5, 5.41) is 4.11. The zero-order valence-corrected chi connectivity index (χ0v) is 15.1. The van der Waals surface area contributed by atoms with Crippen LogP contribution in [0.25, 0.3) is 0 Å². The highest BCUT2D eigenvalue weighted by molar-refractivity contribution is 7.07. The molecule has 4 rings (SSSR count). The summed E-state index contributed by atoms with van der Waals surface area (Å²) >= 11 is 1.65. The van der Waals surface area contributed by atoms with Crippen LogP contribution in [0.4, 0.5) is 0 Å². The van der Waals surface area contributed by atoms with Crippen molar-refractivity contribution in [2.24, 2.45) is 11.3 Å². The van der Waals surface area contributed by atoms with Gasteiger partial charge in [-0.05, 0) is 60.4 Å². The van der Waals surface area contributed by atoms with E-state index in [1.165, 1.54) is 12.8 Å². The van der Waals surface area contributed by atoms with Crippen molar-refractivity contribution in [3.8, 4) is 0 Å². The summed E-state index contributed by atoms with van der Waals surface area (Å²) in [5.41, 5.74) is 1.14. The third kappa shape index (κ3) is 3.68. The summed E-state index contributed by atoms with van der Waals surface area (Å²) in [6.07, 6.45) is 6.56. The van der Waals surface area contributed by atoms with E-state index in [2.05, 4.69) is 10.3 Å². The molecule has 0 aromatic carbocycles. The van der Waals surface area contributed by atoms with Crippen LogP contribution in [0.5, 0.6) is 0 Å². The fraction of sp³-hybridized carbons (Fsp3) is 0.737. The molecule has 1 aromatic heterocycles. The Morgan fingerprint density at radius 3 is 3.12 bits per heavy atom. The second-order valence-corrected chi connectivity index (χ2v) is 8.48. The van der Waals surface area contributed by atoms with Gasteiger partial charge in [0, 0.05) is 31.7 Å². The minimum absolute atomic E-state index is 0.00962. The van der Waals surface area contributed by atoms with Gasteiger partial charge in [-0.3, -0.25) is 4.79 Å². The van der Waals surface area contributed by atoms with Crippen molar-refractivity contribution in [1.82, 2.24) is 4.90 Å². The summed E-state index contributed by atoms with van der Waals surface area (Å²) in [6, 6.07) is 2.05. The van der Waals surface area contributed by atoms with Crippen LogP contribution in [-0.4, -0.2) is 49.8 Å². The number of hydrogen-bond acceptors (Lipinski definition) is 4. The minimum atomic E-state index is 0.00962. The van der Waals surface area contributed by atoms with Crippen LogP contribution in [0.15, 0.2) is 16.8 Å². The lowest BCUT2D eigenvalue weighted by atomic mass is 9.73. The standard InChI is InChI=1S/C19H27NO3S/c21-18(10-16-5-9-24-12-16)20-7-4-17-19(13-20,6-1-8-23-17)14-22-11-15-2-3-15/h5,9,12,15,17H,1-4,6-8,10-11,13-14H2/t17-,19-/m0/s1. The Kier molecular flexibility index (Phi) is 4.93. The fourth-order valence-corrected chi connectivity index (χ4v) is 4.78. The Balaban J connectivity index is 1.40. The van der Waals surface area contributed by atoms with Crippen LogP contribution in [0, 0.1) is 11.3 Å². The molecule has 0 unspecified atom stereocenters. The maximum atomic E-state index is 12.7. The van der Waals surface area contributed by atoms with E-state index < -0.39 is 0 Å². The van der Waals surface area contributed by atoms with Gasteiger partial charge < -0.3 is 14.4 Å². The first-order chi connectivity index (χ1) is 11.8. The van der Waals surface area contributed by atoms with Crippen LogP contribution in [0.3, 0.4) is 0 Å². The third-order valence-corrected chi connectivity index (χ3v) is 6.45. The van der Waals surface area contributed by atoms with E-state index in [-0.39, 0.29) is 17.4 Å². The zero-order chi connectivity index (χ0) is 16.4. The fourth-order valence-electron chi connectivity index (χ4n) is 4.11. The molecule has 4 nitrogen and oxygen atoms in total. The number of piperidine rings is 1. The van der Waals surface area contributed by atoms with E-state index in [9.17, 15) is 4.79 Å². The van der Waals surface area contributed by atoms with Crippen LogP contribution >= 0.6 is 11.3 Å². The molecular formula is C19H27NO3S. The predicted octanol–water partition coefficient (Wildman–Crippen LogP) is 3.11. The largest absolute Gasteiger partial charge is 0.380 e. The first kappa shape index (κ1) is 16.6. The average molecular weight is 349 g/mol. The lowest BCUT2D eigenvalue weighted by molar-refractivity contribution is -0.164. The molecule has 3 heterocycles. The number of rotatable bonds is 6. The summed E-state index contributed by atoms with van der Waals surface area (Å²) in [6.45, 7) is 4.11. The van der Waals surface area contributed by atoms with E-state index in [0.29, 0.717) is 6.42 Å². The second-order valence-electron chi connectivity index (χ2n) is 7.70. The SMILES string of the molecule is O=C(Cc1ccsc1)N1CC[C@@H]2OCCC[C@@]2(COCC2CC2)C1. The normalized spacial score (nSPS) is 30.2. The van der Waals surface area contributed by atoms with Gasteiger partial charge in [-0.1, -0.05) is 0 Å². The van der Waals surface area contributed by atoms with E-state index in [1.807, 2.05) is 11.4 Å². The van der Waals surface area contributed by atoms with Crippen LogP contribution in [0.1, 0.15) is 37.7 Å². The maximum Gasteiger partial charge on any atom is 0.227 e. The molecule has 1 saturated carbocycles. The van der Waals surface area contributed by atoms with Crippen LogP contribution < -0.4 is 0 Å². The molecule has 3 aliphatic rings. The molecule has 0 radical (unpaired) electrons. The van der Waals surface area contributed by atoms with Gasteiger partial charge in [-0.2, -0.15) is 11.3 Å². The van der Waals surface area contributed by atoms with Gasteiger partial charge in [0.2, 0.25) is 5.91 Å². The van der Waals surface area contributed by atoms with Crippen molar-refractivity contribution < 1.29 is 14.3 Å². The van der Waals surface area contributed by atoms with Gasteiger partial charge in [-0.25, -0.2) is 0 Å². The third-order valence-electron chi connectivity index (χ3n) is 5.72. The molecule has 5 heteroatoms. The first-order valence-electron chi connectivity index (χ1n) is 9.23. The van der Waals surface area contributed by atoms with Crippen molar-refractivity contribution in [3.05, 3.63) is 22.4 Å². The van der Waals surface area contributed by atoms with Gasteiger partial charge >= 0.3 is 0 Å². The molecule has 0 N–H and O–H groups in total. The van der Waals surface area contributed by atoms with Crippen LogP contribution in [-0.2, 0) is 20.7 Å². The smallest absolute Gasteiger partial charge is 0.227 e. The van der Waals surface area contributed by atoms with E-state index in [4.69, 9.17) is 9.47 Å². The van der Waals surface area contributed by atoms with Crippen molar-refractivity contribution in [2.75, 3.05) is 32.9 Å². The van der Waals surface area contributed by atoms with E-state index >= 15 is 0 Å². The summed E-state index contributed by atoms with van der Waals surface area (Å²) in [5.74, 6) is 1.03. The van der Waals surface area contributed by atoms with E-state index in [1.54, 1.807) is 11.3 Å². The molecule has 1 amide bonds. The van der Waals surface area contributed by atoms with Crippen molar-refractivity contribution in [1.29, 1.82) is 0 Å². The topological polar surface area (TPSA) is 38.8 Å². The minimum Gasteiger partial charge on any atom is -0.380 e.